The zero-order valence-electron chi connectivity index (χ0n) is 6.23. The molecule has 0 saturated heterocycles. The SMILES string of the molecule is O=S(=O)(O)[CH]CCCCCO. The molecule has 0 aliphatic heterocycles. The Hall–Kier alpha value is -0.130. The van der Waals surface area contributed by atoms with Crippen LogP contribution < -0.4 is 0 Å². The van der Waals surface area contributed by atoms with Gasteiger partial charge in [0.2, 0.25) is 0 Å². The standard InChI is InChI=1S/C6H13O4S/c7-5-3-1-2-4-6-11(8,9)10/h6-7H,1-5H2,(H,8,9,10). The third-order valence-electron chi connectivity index (χ3n) is 1.19. The van der Waals surface area contributed by atoms with Gasteiger partial charge in [-0.15, -0.1) is 0 Å². The maximum atomic E-state index is 10.1. The van der Waals surface area contributed by atoms with Crippen molar-refractivity contribution in [3.63, 3.8) is 0 Å². The van der Waals surface area contributed by atoms with Gasteiger partial charge >= 0.3 is 0 Å². The molecule has 0 saturated carbocycles. The molecule has 0 heterocycles. The molecule has 0 aromatic rings. The molecule has 2 N–H and O–H groups in total. The Morgan fingerprint density at radius 2 is 1.82 bits per heavy atom. The predicted molar refractivity (Wildman–Crippen MR) is 41.4 cm³/mol. The van der Waals surface area contributed by atoms with Crippen molar-refractivity contribution < 1.29 is 18.1 Å². The van der Waals surface area contributed by atoms with Crippen LogP contribution in [0.25, 0.3) is 0 Å². The summed E-state index contributed by atoms with van der Waals surface area (Å²) in [6, 6.07) is 0. The van der Waals surface area contributed by atoms with Crippen LogP contribution in [-0.2, 0) is 10.1 Å². The number of aliphatic hydroxyl groups excluding tert-OH is 1. The molecule has 0 amide bonds. The maximum Gasteiger partial charge on any atom is 0.269 e. The lowest BCUT2D eigenvalue weighted by Crippen LogP contribution is -1.97. The van der Waals surface area contributed by atoms with E-state index in [9.17, 15) is 8.42 Å². The van der Waals surface area contributed by atoms with Gasteiger partial charge < -0.3 is 5.11 Å². The average molecular weight is 181 g/mol. The molecule has 0 bridgehead atoms. The quantitative estimate of drug-likeness (QED) is 0.464. The number of rotatable bonds is 6. The molecule has 67 valence electrons. The van der Waals surface area contributed by atoms with Gasteiger partial charge in [0.1, 0.15) is 5.75 Å². The summed E-state index contributed by atoms with van der Waals surface area (Å²) in [6.07, 6.45) is 2.49. The highest BCUT2D eigenvalue weighted by Gasteiger charge is 2.03. The molecule has 0 aliphatic carbocycles. The van der Waals surface area contributed by atoms with Crippen LogP contribution in [0, 0.1) is 5.75 Å². The second-order valence-electron chi connectivity index (χ2n) is 2.25. The summed E-state index contributed by atoms with van der Waals surface area (Å²) in [4.78, 5) is 0. The lowest BCUT2D eigenvalue weighted by molar-refractivity contribution is 0.283. The van der Waals surface area contributed by atoms with Crippen molar-refractivity contribution in [2.45, 2.75) is 25.7 Å². The summed E-state index contributed by atoms with van der Waals surface area (Å²) in [5.74, 6) is 0.879. The Labute approximate surface area is 67.0 Å². The summed E-state index contributed by atoms with van der Waals surface area (Å²) >= 11 is 0. The number of aliphatic hydroxyl groups is 1. The van der Waals surface area contributed by atoms with Gasteiger partial charge in [-0.05, 0) is 12.8 Å². The van der Waals surface area contributed by atoms with Gasteiger partial charge in [0.25, 0.3) is 10.1 Å². The number of hydrogen-bond acceptors (Lipinski definition) is 3. The Kier molecular flexibility index (Phi) is 5.45. The van der Waals surface area contributed by atoms with E-state index in [1.807, 2.05) is 0 Å². The van der Waals surface area contributed by atoms with Gasteiger partial charge in [0.05, 0.1) is 0 Å². The second-order valence-corrected chi connectivity index (χ2v) is 3.62. The van der Waals surface area contributed by atoms with E-state index in [4.69, 9.17) is 9.66 Å². The van der Waals surface area contributed by atoms with Crippen LogP contribution in [-0.4, -0.2) is 24.7 Å². The highest BCUT2D eigenvalue weighted by molar-refractivity contribution is 7.87. The smallest absolute Gasteiger partial charge is 0.269 e. The fourth-order valence-corrected chi connectivity index (χ4v) is 1.13. The van der Waals surface area contributed by atoms with Gasteiger partial charge in [-0.2, -0.15) is 8.42 Å². The molecule has 0 aromatic carbocycles. The molecule has 0 rings (SSSR count). The lowest BCUT2D eigenvalue weighted by Gasteiger charge is -1.96. The summed E-state index contributed by atoms with van der Waals surface area (Å²) in [5, 5.41) is 8.35. The molecular formula is C6H13O4S. The first-order chi connectivity index (χ1) is 5.06. The van der Waals surface area contributed by atoms with Crippen molar-refractivity contribution in [1.29, 1.82) is 0 Å². The minimum atomic E-state index is -3.90. The van der Waals surface area contributed by atoms with Gasteiger partial charge in [-0.3, -0.25) is 4.55 Å². The van der Waals surface area contributed by atoms with E-state index in [0.717, 1.165) is 12.2 Å². The molecule has 0 aliphatic rings. The normalized spacial score (nSPS) is 11.8. The number of unbranched alkanes of at least 4 members (excludes halogenated alkanes) is 3. The first-order valence-electron chi connectivity index (χ1n) is 3.48. The summed E-state index contributed by atoms with van der Waals surface area (Å²) in [5.41, 5.74) is 0. The molecule has 4 nitrogen and oxygen atoms in total. The summed E-state index contributed by atoms with van der Waals surface area (Å²) in [7, 11) is -3.90. The molecule has 11 heavy (non-hydrogen) atoms. The van der Waals surface area contributed by atoms with Gasteiger partial charge in [-0.1, -0.05) is 12.8 Å². The molecule has 0 aromatic heterocycles. The first-order valence-corrected chi connectivity index (χ1v) is 4.98. The van der Waals surface area contributed by atoms with Crippen LogP contribution in [0.2, 0.25) is 0 Å². The van der Waals surface area contributed by atoms with Crippen molar-refractivity contribution in [3.8, 4) is 0 Å². The third kappa shape index (κ3) is 9.87. The zero-order valence-corrected chi connectivity index (χ0v) is 7.05. The van der Waals surface area contributed by atoms with E-state index in [1.165, 1.54) is 0 Å². The van der Waals surface area contributed by atoms with Crippen molar-refractivity contribution in [2.75, 3.05) is 6.61 Å². The minimum absolute atomic E-state index is 0.131. The van der Waals surface area contributed by atoms with E-state index in [2.05, 4.69) is 0 Å². The van der Waals surface area contributed by atoms with Crippen molar-refractivity contribution >= 4 is 10.1 Å². The third-order valence-corrected chi connectivity index (χ3v) is 1.85. The van der Waals surface area contributed by atoms with E-state index < -0.39 is 10.1 Å². The topological polar surface area (TPSA) is 74.6 Å². The van der Waals surface area contributed by atoms with E-state index >= 15 is 0 Å². The van der Waals surface area contributed by atoms with Crippen LogP contribution in [0.3, 0.4) is 0 Å². The van der Waals surface area contributed by atoms with Crippen molar-refractivity contribution in [2.24, 2.45) is 0 Å². The number of hydrogen-bond donors (Lipinski definition) is 2. The van der Waals surface area contributed by atoms with E-state index in [-0.39, 0.29) is 6.61 Å². The Morgan fingerprint density at radius 3 is 2.27 bits per heavy atom. The summed E-state index contributed by atoms with van der Waals surface area (Å²) in [6.45, 7) is 0.131. The average Bonchev–Trinajstić information content (AvgIpc) is 1.85. The highest BCUT2D eigenvalue weighted by atomic mass is 32.2. The molecule has 5 heteroatoms. The van der Waals surface area contributed by atoms with E-state index in [1.54, 1.807) is 0 Å². The highest BCUT2D eigenvalue weighted by Crippen LogP contribution is 2.04. The Morgan fingerprint density at radius 1 is 1.18 bits per heavy atom. The summed E-state index contributed by atoms with van der Waals surface area (Å²) < 4.78 is 28.5. The van der Waals surface area contributed by atoms with Gasteiger partial charge in [-0.25, -0.2) is 0 Å². The fourth-order valence-electron chi connectivity index (χ4n) is 0.665. The van der Waals surface area contributed by atoms with Gasteiger partial charge in [0, 0.05) is 6.61 Å². The monoisotopic (exact) mass is 181 g/mol. The van der Waals surface area contributed by atoms with Crippen LogP contribution in [0.5, 0.6) is 0 Å². The molecule has 0 atom stereocenters. The Balaban J connectivity index is 3.16. The van der Waals surface area contributed by atoms with Crippen LogP contribution >= 0.6 is 0 Å². The zero-order chi connectivity index (χ0) is 8.74. The largest absolute Gasteiger partial charge is 0.396 e. The minimum Gasteiger partial charge on any atom is -0.396 e. The lowest BCUT2D eigenvalue weighted by atomic mass is 10.2. The van der Waals surface area contributed by atoms with Crippen LogP contribution in [0.15, 0.2) is 0 Å². The maximum absolute atomic E-state index is 10.1. The van der Waals surface area contributed by atoms with Crippen molar-refractivity contribution in [1.82, 2.24) is 0 Å². The fraction of sp³-hybridized carbons (Fsp3) is 0.833. The molecular weight excluding hydrogens is 168 g/mol. The van der Waals surface area contributed by atoms with E-state index in [0.29, 0.717) is 19.3 Å². The molecule has 0 spiro atoms. The predicted octanol–water partition coefficient (Wildman–Crippen LogP) is 0.589. The molecule has 0 fully saturated rings. The van der Waals surface area contributed by atoms with Crippen molar-refractivity contribution in [3.05, 3.63) is 5.75 Å². The Bertz CT molecular complexity index is 173. The second kappa shape index (κ2) is 5.51. The van der Waals surface area contributed by atoms with Crippen LogP contribution in [0.4, 0.5) is 0 Å². The van der Waals surface area contributed by atoms with Gasteiger partial charge in [0.15, 0.2) is 0 Å². The molecule has 0 unspecified atom stereocenters. The molecule has 1 radical (unpaired) electrons. The first kappa shape index (κ1) is 10.9. The van der Waals surface area contributed by atoms with Crippen LogP contribution in [0.1, 0.15) is 25.7 Å².